The van der Waals surface area contributed by atoms with Gasteiger partial charge in [0.15, 0.2) is 0 Å². The largest absolute Gasteiger partial charge is 0.381 e. The zero-order chi connectivity index (χ0) is 11.7. The summed E-state index contributed by atoms with van der Waals surface area (Å²) >= 11 is 0. The first-order valence-electron chi connectivity index (χ1n) is 4.62. The Morgan fingerprint density at radius 2 is 1.33 bits per heavy atom. The van der Waals surface area contributed by atoms with Gasteiger partial charge in [0.2, 0.25) is 0 Å². The van der Waals surface area contributed by atoms with Gasteiger partial charge in [-0.25, -0.2) is 0 Å². The Kier molecular flexibility index (Phi) is 6.09. The van der Waals surface area contributed by atoms with Crippen LogP contribution in [0, 0.1) is 47.0 Å². The lowest BCUT2D eigenvalue weighted by Crippen LogP contribution is -2.16. The second-order valence-corrected chi connectivity index (χ2v) is 8.70. The van der Waals surface area contributed by atoms with Gasteiger partial charge in [0.25, 0.3) is 0 Å². The standard InChI is InChI=1S/C13H14OSi/c1-13(14)11-9-7-5-6-8-10-12-15(2,3)4/h13-14H,1-4H3. The lowest BCUT2D eigenvalue weighted by atomic mass is 10.4. The Morgan fingerprint density at radius 3 is 1.80 bits per heavy atom. The van der Waals surface area contributed by atoms with E-state index in [0.29, 0.717) is 0 Å². The molecule has 76 valence electrons. The predicted octanol–water partition coefficient (Wildman–Crippen LogP) is 1.26. The van der Waals surface area contributed by atoms with Crippen molar-refractivity contribution in [1.29, 1.82) is 0 Å². The van der Waals surface area contributed by atoms with Crippen LogP contribution < -0.4 is 0 Å². The summed E-state index contributed by atoms with van der Waals surface area (Å²) in [6.45, 7) is 8.05. The number of rotatable bonds is 0. The molecule has 0 saturated carbocycles. The van der Waals surface area contributed by atoms with Gasteiger partial charge in [-0.15, -0.1) is 5.54 Å². The normalized spacial score (nSPS) is 9.93. The predicted molar refractivity (Wildman–Crippen MR) is 66.1 cm³/mol. The van der Waals surface area contributed by atoms with Gasteiger partial charge in [-0.1, -0.05) is 25.6 Å². The van der Waals surface area contributed by atoms with Gasteiger partial charge >= 0.3 is 0 Å². The van der Waals surface area contributed by atoms with Crippen LogP contribution in [-0.4, -0.2) is 19.3 Å². The molecule has 0 heterocycles. The molecule has 0 saturated heterocycles. The lowest BCUT2D eigenvalue weighted by molar-refractivity contribution is 0.253. The van der Waals surface area contributed by atoms with E-state index in [4.69, 9.17) is 5.11 Å². The lowest BCUT2D eigenvalue weighted by Gasteiger charge is -2.01. The molecule has 0 spiro atoms. The molecule has 0 aliphatic carbocycles. The third kappa shape index (κ3) is 12.4. The zero-order valence-electron chi connectivity index (χ0n) is 9.52. The first-order valence-corrected chi connectivity index (χ1v) is 8.12. The van der Waals surface area contributed by atoms with Crippen LogP contribution >= 0.6 is 0 Å². The van der Waals surface area contributed by atoms with Gasteiger partial charge < -0.3 is 5.11 Å². The molecule has 0 aromatic carbocycles. The molecule has 0 aromatic heterocycles. The molecule has 15 heavy (non-hydrogen) atoms. The molecule has 0 amide bonds. The van der Waals surface area contributed by atoms with Crippen LogP contribution in [0.15, 0.2) is 0 Å². The maximum absolute atomic E-state index is 8.79. The maximum Gasteiger partial charge on any atom is 0.130 e. The molecule has 0 aliphatic heterocycles. The van der Waals surface area contributed by atoms with Crippen LogP contribution in [-0.2, 0) is 0 Å². The van der Waals surface area contributed by atoms with E-state index in [1.807, 2.05) is 0 Å². The summed E-state index contributed by atoms with van der Waals surface area (Å²) in [6.07, 6.45) is -0.640. The number of aliphatic hydroxyl groups is 1. The van der Waals surface area contributed by atoms with E-state index in [9.17, 15) is 0 Å². The summed E-state index contributed by atoms with van der Waals surface area (Å²) in [5, 5.41) is 8.79. The average Bonchev–Trinajstić information content (AvgIpc) is 2.07. The number of hydrogen-bond acceptors (Lipinski definition) is 1. The summed E-state index contributed by atoms with van der Waals surface area (Å²) in [6, 6.07) is 0. The summed E-state index contributed by atoms with van der Waals surface area (Å²) < 4.78 is 0. The minimum atomic E-state index is -1.32. The van der Waals surface area contributed by atoms with Crippen LogP contribution in [0.3, 0.4) is 0 Å². The molecule has 0 rings (SSSR count). The van der Waals surface area contributed by atoms with E-state index in [0.717, 1.165) is 0 Å². The topological polar surface area (TPSA) is 20.2 Å². The number of hydrogen-bond donors (Lipinski definition) is 1. The van der Waals surface area contributed by atoms with E-state index in [1.54, 1.807) is 6.92 Å². The molecule has 1 N–H and O–H groups in total. The first-order chi connectivity index (χ1) is 6.92. The van der Waals surface area contributed by atoms with Crippen molar-refractivity contribution in [1.82, 2.24) is 0 Å². The van der Waals surface area contributed by atoms with Gasteiger partial charge in [0.1, 0.15) is 14.2 Å². The Bertz CT molecular complexity index is 436. The zero-order valence-corrected chi connectivity index (χ0v) is 10.5. The van der Waals surface area contributed by atoms with Crippen LogP contribution in [0.1, 0.15) is 6.92 Å². The van der Waals surface area contributed by atoms with Crippen LogP contribution in [0.2, 0.25) is 19.6 Å². The highest BCUT2D eigenvalue weighted by Gasteiger charge is 2.06. The van der Waals surface area contributed by atoms with Crippen LogP contribution in [0.25, 0.3) is 0 Å². The van der Waals surface area contributed by atoms with Crippen molar-refractivity contribution in [2.24, 2.45) is 0 Å². The summed E-state index contributed by atoms with van der Waals surface area (Å²) in [4.78, 5) is 0. The van der Waals surface area contributed by atoms with E-state index in [1.165, 1.54) is 0 Å². The molecule has 1 nitrogen and oxygen atoms in total. The average molecular weight is 214 g/mol. The molecular weight excluding hydrogens is 200 g/mol. The molecule has 1 unspecified atom stereocenters. The number of aliphatic hydroxyl groups excluding tert-OH is 1. The SMILES string of the molecule is CC(O)C#CC#CC#CC#C[Si](C)(C)C. The van der Waals surface area contributed by atoms with Crippen molar-refractivity contribution < 1.29 is 5.11 Å². The van der Waals surface area contributed by atoms with Gasteiger partial charge in [-0.05, 0) is 42.4 Å². The fraction of sp³-hybridized carbons (Fsp3) is 0.385. The first kappa shape index (κ1) is 13.4. The molecular formula is C13H14OSi. The molecule has 0 fully saturated rings. The maximum atomic E-state index is 8.79. The van der Waals surface area contributed by atoms with Gasteiger partial charge in [0, 0.05) is 0 Å². The van der Waals surface area contributed by atoms with Crippen molar-refractivity contribution in [2.45, 2.75) is 32.7 Å². The quantitative estimate of drug-likeness (QED) is 0.475. The molecule has 0 aliphatic rings. The second-order valence-electron chi connectivity index (χ2n) is 3.95. The fourth-order valence-electron chi connectivity index (χ4n) is 0.484. The Morgan fingerprint density at radius 1 is 0.867 bits per heavy atom. The van der Waals surface area contributed by atoms with Crippen LogP contribution in [0.5, 0.6) is 0 Å². The van der Waals surface area contributed by atoms with Crippen molar-refractivity contribution in [3.8, 4) is 47.0 Å². The van der Waals surface area contributed by atoms with Gasteiger partial charge in [-0.3, -0.25) is 0 Å². The van der Waals surface area contributed by atoms with Crippen molar-refractivity contribution in [3.05, 3.63) is 0 Å². The highest BCUT2D eigenvalue weighted by Crippen LogP contribution is 1.95. The highest BCUT2D eigenvalue weighted by atomic mass is 28.3. The summed E-state index contributed by atoms with van der Waals surface area (Å²) in [7, 11) is -1.32. The Hall–Kier alpha value is -1.58. The smallest absolute Gasteiger partial charge is 0.130 e. The van der Waals surface area contributed by atoms with Crippen molar-refractivity contribution in [2.75, 3.05) is 0 Å². The highest BCUT2D eigenvalue weighted by molar-refractivity contribution is 6.83. The Labute approximate surface area is 93.3 Å². The Balaban J connectivity index is 4.23. The van der Waals surface area contributed by atoms with Crippen LogP contribution in [0.4, 0.5) is 0 Å². The van der Waals surface area contributed by atoms with Crippen molar-refractivity contribution in [3.63, 3.8) is 0 Å². The molecule has 2 heteroatoms. The summed E-state index contributed by atoms with van der Waals surface area (Å²) in [5.74, 6) is 18.1. The summed E-state index contributed by atoms with van der Waals surface area (Å²) in [5.41, 5.74) is 3.10. The van der Waals surface area contributed by atoms with Crippen molar-refractivity contribution >= 4 is 8.07 Å². The monoisotopic (exact) mass is 214 g/mol. The molecule has 0 radical (unpaired) electrons. The van der Waals surface area contributed by atoms with Gasteiger partial charge in [-0.2, -0.15) is 0 Å². The molecule has 0 aromatic rings. The van der Waals surface area contributed by atoms with E-state index >= 15 is 0 Å². The molecule has 0 bridgehead atoms. The minimum absolute atomic E-state index is 0.640. The third-order valence-corrected chi connectivity index (χ3v) is 1.91. The minimum Gasteiger partial charge on any atom is -0.381 e. The molecule has 1 atom stereocenters. The third-order valence-electron chi connectivity index (χ3n) is 1.03. The van der Waals surface area contributed by atoms with E-state index in [-0.39, 0.29) is 0 Å². The van der Waals surface area contributed by atoms with E-state index < -0.39 is 14.2 Å². The van der Waals surface area contributed by atoms with E-state index in [2.05, 4.69) is 66.6 Å². The second kappa shape index (κ2) is 6.81. The fourth-order valence-corrected chi connectivity index (χ4v) is 0.922. The van der Waals surface area contributed by atoms with Gasteiger partial charge in [0.05, 0.1) is 0 Å².